The molecule has 0 spiro atoms. The molecule has 3 heteroatoms. The Labute approximate surface area is 87.7 Å². The number of ether oxygens (including phenoxy) is 1. The van der Waals surface area contributed by atoms with E-state index in [1.165, 1.54) is 0 Å². The van der Waals surface area contributed by atoms with Crippen LogP contribution in [0.2, 0.25) is 0 Å². The second-order valence-electron chi connectivity index (χ2n) is 3.13. The zero-order valence-corrected chi connectivity index (χ0v) is 8.43. The normalized spacial score (nSPS) is 10.2. The molecule has 76 valence electrons. The first-order chi connectivity index (χ1) is 7.33. The van der Waals surface area contributed by atoms with E-state index in [2.05, 4.69) is 4.98 Å². The molecule has 15 heavy (non-hydrogen) atoms. The lowest BCUT2D eigenvalue weighted by molar-refractivity contribution is 0.0528. The topological polar surface area (TPSA) is 39.2 Å². The van der Waals surface area contributed by atoms with Gasteiger partial charge in [0.05, 0.1) is 12.2 Å². The standard InChI is InChI=1S/C12H11NO2/c1-2-15-12(14)11-8-13-7-9-5-3-4-6-10(9)11/h3-8H,2H2,1H3. The van der Waals surface area contributed by atoms with E-state index in [4.69, 9.17) is 4.74 Å². The van der Waals surface area contributed by atoms with Crippen LogP contribution in [0.5, 0.6) is 0 Å². The maximum Gasteiger partial charge on any atom is 0.340 e. The molecule has 0 unspecified atom stereocenters. The molecule has 0 aliphatic heterocycles. The van der Waals surface area contributed by atoms with Crippen LogP contribution in [-0.2, 0) is 4.74 Å². The Kier molecular flexibility index (Phi) is 2.63. The van der Waals surface area contributed by atoms with E-state index < -0.39 is 0 Å². The summed E-state index contributed by atoms with van der Waals surface area (Å²) in [5.41, 5.74) is 0.523. The molecule has 0 atom stereocenters. The van der Waals surface area contributed by atoms with Crippen molar-refractivity contribution < 1.29 is 9.53 Å². The molecule has 0 saturated heterocycles. The summed E-state index contributed by atoms with van der Waals surface area (Å²) in [6.07, 6.45) is 3.28. The van der Waals surface area contributed by atoms with Gasteiger partial charge in [-0.2, -0.15) is 0 Å². The van der Waals surface area contributed by atoms with Gasteiger partial charge in [0.1, 0.15) is 0 Å². The molecule has 1 aromatic heterocycles. The number of aromatic nitrogens is 1. The molecular weight excluding hydrogens is 190 g/mol. The molecule has 0 radical (unpaired) electrons. The van der Waals surface area contributed by atoms with Crippen molar-refractivity contribution in [3.8, 4) is 0 Å². The number of carbonyl (C=O) groups excluding carboxylic acids is 1. The highest BCUT2D eigenvalue weighted by Crippen LogP contribution is 2.17. The second kappa shape index (κ2) is 4.09. The van der Waals surface area contributed by atoms with Crippen LogP contribution in [0, 0.1) is 0 Å². The van der Waals surface area contributed by atoms with Crippen LogP contribution in [0.1, 0.15) is 17.3 Å². The Balaban J connectivity index is 2.56. The van der Waals surface area contributed by atoms with Crippen molar-refractivity contribution in [3.05, 3.63) is 42.2 Å². The number of fused-ring (bicyclic) bond motifs is 1. The van der Waals surface area contributed by atoms with Gasteiger partial charge in [0.25, 0.3) is 0 Å². The molecule has 2 aromatic rings. The Hall–Kier alpha value is -1.90. The predicted molar refractivity (Wildman–Crippen MR) is 57.7 cm³/mol. The predicted octanol–water partition coefficient (Wildman–Crippen LogP) is 2.41. The Morgan fingerprint density at radius 2 is 2.13 bits per heavy atom. The summed E-state index contributed by atoms with van der Waals surface area (Å²) in [7, 11) is 0. The van der Waals surface area contributed by atoms with E-state index in [0.29, 0.717) is 12.2 Å². The highest BCUT2D eigenvalue weighted by atomic mass is 16.5. The van der Waals surface area contributed by atoms with E-state index in [1.54, 1.807) is 19.3 Å². The fourth-order valence-electron chi connectivity index (χ4n) is 1.49. The third-order valence-corrected chi connectivity index (χ3v) is 2.16. The molecule has 1 heterocycles. The first-order valence-electron chi connectivity index (χ1n) is 4.83. The van der Waals surface area contributed by atoms with Crippen LogP contribution in [-0.4, -0.2) is 17.6 Å². The van der Waals surface area contributed by atoms with Crippen LogP contribution in [0.15, 0.2) is 36.7 Å². The summed E-state index contributed by atoms with van der Waals surface area (Å²) < 4.78 is 4.96. The fraction of sp³-hybridized carbons (Fsp3) is 0.167. The van der Waals surface area contributed by atoms with Crippen molar-refractivity contribution in [2.24, 2.45) is 0 Å². The molecule has 0 saturated carbocycles. The summed E-state index contributed by atoms with van der Waals surface area (Å²) in [6.45, 7) is 2.17. The smallest absolute Gasteiger partial charge is 0.340 e. The second-order valence-corrected chi connectivity index (χ2v) is 3.13. The van der Waals surface area contributed by atoms with E-state index in [9.17, 15) is 4.79 Å². The van der Waals surface area contributed by atoms with Crippen molar-refractivity contribution in [1.29, 1.82) is 0 Å². The van der Waals surface area contributed by atoms with Crippen LogP contribution in [0.25, 0.3) is 10.8 Å². The Bertz CT molecular complexity index is 488. The van der Waals surface area contributed by atoms with Gasteiger partial charge in [-0.25, -0.2) is 4.79 Å². The van der Waals surface area contributed by atoms with Gasteiger partial charge in [-0.15, -0.1) is 0 Å². The molecule has 0 aliphatic rings. The third kappa shape index (κ3) is 1.81. The molecule has 0 N–H and O–H groups in total. The van der Waals surface area contributed by atoms with Gasteiger partial charge >= 0.3 is 5.97 Å². The first kappa shape index (κ1) is 9.65. The molecule has 0 fully saturated rings. The lowest BCUT2D eigenvalue weighted by atomic mass is 10.1. The van der Waals surface area contributed by atoms with E-state index >= 15 is 0 Å². The number of benzene rings is 1. The van der Waals surface area contributed by atoms with Crippen LogP contribution < -0.4 is 0 Å². The molecule has 0 aliphatic carbocycles. The number of nitrogens with zero attached hydrogens (tertiary/aromatic N) is 1. The van der Waals surface area contributed by atoms with Crippen molar-refractivity contribution in [2.75, 3.05) is 6.61 Å². The maximum atomic E-state index is 11.6. The summed E-state index contributed by atoms with van der Waals surface area (Å²) in [6, 6.07) is 7.62. The summed E-state index contributed by atoms with van der Waals surface area (Å²) in [5.74, 6) is -0.318. The maximum absolute atomic E-state index is 11.6. The van der Waals surface area contributed by atoms with Crippen molar-refractivity contribution in [1.82, 2.24) is 4.98 Å². The Morgan fingerprint density at radius 1 is 1.33 bits per heavy atom. The molecule has 1 aromatic carbocycles. The van der Waals surface area contributed by atoms with Crippen molar-refractivity contribution in [3.63, 3.8) is 0 Å². The minimum atomic E-state index is -0.318. The quantitative estimate of drug-likeness (QED) is 0.700. The summed E-state index contributed by atoms with van der Waals surface area (Å²) >= 11 is 0. The number of esters is 1. The average Bonchev–Trinajstić information content (AvgIpc) is 2.28. The fourth-order valence-corrected chi connectivity index (χ4v) is 1.49. The van der Waals surface area contributed by atoms with Crippen LogP contribution in [0.3, 0.4) is 0 Å². The highest BCUT2D eigenvalue weighted by molar-refractivity contribution is 6.03. The number of rotatable bonds is 2. The lowest BCUT2D eigenvalue weighted by Crippen LogP contribution is -2.05. The van der Waals surface area contributed by atoms with Crippen molar-refractivity contribution in [2.45, 2.75) is 6.92 Å². The van der Waals surface area contributed by atoms with Gasteiger partial charge in [-0.05, 0) is 12.3 Å². The first-order valence-corrected chi connectivity index (χ1v) is 4.83. The van der Waals surface area contributed by atoms with E-state index in [-0.39, 0.29) is 5.97 Å². The van der Waals surface area contributed by atoms with Gasteiger partial charge in [0.2, 0.25) is 0 Å². The average molecular weight is 201 g/mol. The van der Waals surface area contributed by atoms with Gasteiger partial charge < -0.3 is 4.74 Å². The highest BCUT2D eigenvalue weighted by Gasteiger charge is 2.10. The van der Waals surface area contributed by atoms with Gasteiger partial charge in [-0.1, -0.05) is 24.3 Å². The molecule has 3 nitrogen and oxygen atoms in total. The Morgan fingerprint density at radius 3 is 2.93 bits per heavy atom. The number of hydrogen-bond donors (Lipinski definition) is 0. The summed E-state index contributed by atoms with van der Waals surface area (Å²) in [5, 5.41) is 1.83. The molecule has 0 amide bonds. The molecule has 0 bridgehead atoms. The largest absolute Gasteiger partial charge is 0.462 e. The summed E-state index contributed by atoms with van der Waals surface area (Å²) in [4.78, 5) is 15.6. The minimum Gasteiger partial charge on any atom is -0.462 e. The molecule has 2 rings (SSSR count). The number of pyridine rings is 1. The molecular formula is C12H11NO2. The van der Waals surface area contributed by atoms with Gasteiger partial charge in [0.15, 0.2) is 0 Å². The SMILES string of the molecule is CCOC(=O)c1cncc2ccccc12. The zero-order chi connectivity index (χ0) is 10.7. The number of hydrogen-bond acceptors (Lipinski definition) is 3. The number of carbonyl (C=O) groups is 1. The van der Waals surface area contributed by atoms with E-state index in [0.717, 1.165) is 10.8 Å². The van der Waals surface area contributed by atoms with E-state index in [1.807, 2.05) is 24.3 Å². The zero-order valence-electron chi connectivity index (χ0n) is 8.43. The monoisotopic (exact) mass is 201 g/mol. The minimum absolute atomic E-state index is 0.318. The van der Waals surface area contributed by atoms with Crippen LogP contribution >= 0.6 is 0 Å². The van der Waals surface area contributed by atoms with Gasteiger partial charge in [-0.3, -0.25) is 4.98 Å². The van der Waals surface area contributed by atoms with Gasteiger partial charge in [0, 0.05) is 17.8 Å². The van der Waals surface area contributed by atoms with Crippen LogP contribution in [0.4, 0.5) is 0 Å². The third-order valence-electron chi connectivity index (χ3n) is 2.16. The lowest BCUT2D eigenvalue weighted by Gasteiger charge is -2.04. The van der Waals surface area contributed by atoms with Crippen molar-refractivity contribution >= 4 is 16.7 Å².